The predicted molar refractivity (Wildman–Crippen MR) is 71.4 cm³/mol. The van der Waals surface area contributed by atoms with Gasteiger partial charge in [0.2, 0.25) is 5.91 Å². The van der Waals surface area contributed by atoms with Crippen molar-refractivity contribution >= 4 is 17.3 Å². The number of hydrogen-bond acceptors (Lipinski definition) is 2. The minimum Gasteiger partial charge on any atom is -0.372 e. The Morgan fingerprint density at radius 3 is 2.35 bits per heavy atom. The Hall–Kier alpha value is -1.51. The van der Waals surface area contributed by atoms with Crippen LogP contribution in [0.15, 0.2) is 24.3 Å². The third-order valence-corrected chi connectivity index (χ3v) is 3.34. The molecule has 1 aromatic rings. The lowest BCUT2D eigenvalue weighted by molar-refractivity contribution is -0.114. The van der Waals surface area contributed by atoms with Crippen molar-refractivity contribution in [2.45, 2.75) is 26.7 Å². The van der Waals surface area contributed by atoms with Crippen LogP contribution in [0.2, 0.25) is 0 Å². The van der Waals surface area contributed by atoms with E-state index >= 15 is 0 Å². The molecule has 3 nitrogen and oxygen atoms in total. The Kier molecular flexibility index (Phi) is 3.67. The summed E-state index contributed by atoms with van der Waals surface area (Å²) in [4.78, 5) is 13.3. The van der Waals surface area contributed by atoms with Crippen molar-refractivity contribution in [1.29, 1.82) is 0 Å². The summed E-state index contributed by atoms with van der Waals surface area (Å²) in [5.74, 6) is 0.828. The number of rotatable bonds is 2. The molecule has 0 bridgehead atoms. The average Bonchev–Trinajstić information content (AvgIpc) is 2.30. The molecule has 1 aromatic carbocycles. The monoisotopic (exact) mass is 232 g/mol. The highest BCUT2D eigenvalue weighted by atomic mass is 16.1. The zero-order valence-electron chi connectivity index (χ0n) is 10.6. The van der Waals surface area contributed by atoms with Crippen LogP contribution in [0.4, 0.5) is 11.4 Å². The van der Waals surface area contributed by atoms with E-state index < -0.39 is 0 Å². The van der Waals surface area contributed by atoms with Crippen molar-refractivity contribution in [2.24, 2.45) is 5.92 Å². The first kappa shape index (κ1) is 12.0. The zero-order chi connectivity index (χ0) is 12.3. The zero-order valence-corrected chi connectivity index (χ0v) is 10.6. The van der Waals surface area contributed by atoms with Gasteiger partial charge in [0.05, 0.1) is 0 Å². The lowest BCUT2D eigenvalue weighted by Crippen LogP contribution is -2.32. The van der Waals surface area contributed by atoms with Crippen LogP contribution in [0.3, 0.4) is 0 Å². The highest BCUT2D eigenvalue weighted by molar-refractivity contribution is 5.88. The van der Waals surface area contributed by atoms with Crippen LogP contribution >= 0.6 is 0 Å². The summed E-state index contributed by atoms with van der Waals surface area (Å²) < 4.78 is 0. The van der Waals surface area contributed by atoms with Gasteiger partial charge in [0.25, 0.3) is 0 Å². The van der Waals surface area contributed by atoms with Gasteiger partial charge in [-0.3, -0.25) is 4.79 Å². The first-order valence-electron chi connectivity index (χ1n) is 6.28. The second-order valence-electron chi connectivity index (χ2n) is 4.90. The van der Waals surface area contributed by atoms with Crippen LogP contribution in [0.5, 0.6) is 0 Å². The Labute approximate surface area is 103 Å². The van der Waals surface area contributed by atoms with Gasteiger partial charge in [-0.2, -0.15) is 0 Å². The smallest absolute Gasteiger partial charge is 0.221 e. The molecule has 0 radical (unpaired) electrons. The molecule has 1 aliphatic rings. The number of nitrogens with one attached hydrogen (secondary N) is 1. The second-order valence-corrected chi connectivity index (χ2v) is 4.90. The van der Waals surface area contributed by atoms with E-state index in [9.17, 15) is 4.79 Å². The quantitative estimate of drug-likeness (QED) is 0.850. The van der Waals surface area contributed by atoms with Crippen LogP contribution in [0, 0.1) is 5.92 Å². The van der Waals surface area contributed by atoms with E-state index in [1.165, 1.54) is 25.5 Å². The van der Waals surface area contributed by atoms with E-state index in [1.807, 2.05) is 12.1 Å². The van der Waals surface area contributed by atoms with Crippen molar-refractivity contribution in [3.63, 3.8) is 0 Å². The molecule has 1 amide bonds. The first-order chi connectivity index (χ1) is 8.15. The number of anilines is 2. The number of hydrogen-bond donors (Lipinski definition) is 1. The summed E-state index contributed by atoms with van der Waals surface area (Å²) in [6, 6.07) is 8.10. The molecular weight excluding hydrogens is 212 g/mol. The average molecular weight is 232 g/mol. The molecule has 92 valence electrons. The highest BCUT2D eigenvalue weighted by Gasteiger charge is 2.15. The van der Waals surface area contributed by atoms with Gasteiger partial charge in [0.1, 0.15) is 0 Å². The molecule has 0 spiro atoms. The van der Waals surface area contributed by atoms with E-state index in [4.69, 9.17) is 0 Å². The Morgan fingerprint density at radius 1 is 1.24 bits per heavy atom. The van der Waals surface area contributed by atoms with E-state index in [1.54, 1.807) is 0 Å². The molecule has 1 aliphatic heterocycles. The van der Waals surface area contributed by atoms with Gasteiger partial charge < -0.3 is 10.2 Å². The summed E-state index contributed by atoms with van der Waals surface area (Å²) in [6.45, 7) is 6.12. The van der Waals surface area contributed by atoms with Crippen LogP contribution in [0.25, 0.3) is 0 Å². The van der Waals surface area contributed by atoms with Crippen LogP contribution in [-0.2, 0) is 4.79 Å². The number of carbonyl (C=O) groups excluding carboxylic acids is 1. The molecule has 1 heterocycles. The molecule has 2 rings (SSSR count). The number of piperidine rings is 1. The predicted octanol–water partition coefficient (Wildman–Crippen LogP) is 2.88. The van der Waals surface area contributed by atoms with Gasteiger partial charge >= 0.3 is 0 Å². The molecule has 0 atom stereocenters. The van der Waals surface area contributed by atoms with Crippen LogP contribution in [0.1, 0.15) is 26.7 Å². The van der Waals surface area contributed by atoms with Gasteiger partial charge in [0, 0.05) is 31.4 Å². The van der Waals surface area contributed by atoms with Gasteiger partial charge in [-0.15, -0.1) is 0 Å². The third kappa shape index (κ3) is 3.22. The largest absolute Gasteiger partial charge is 0.372 e. The van der Waals surface area contributed by atoms with Gasteiger partial charge in [0.15, 0.2) is 0 Å². The van der Waals surface area contributed by atoms with Crippen molar-refractivity contribution in [2.75, 3.05) is 23.3 Å². The normalized spacial score (nSPS) is 16.9. The Balaban J connectivity index is 2.00. The lowest BCUT2D eigenvalue weighted by Gasteiger charge is -2.32. The maximum atomic E-state index is 10.9. The van der Waals surface area contributed by atoms with Crippen LogP contribution in [-0.4, -0.2) is 19.0 Å². The number of nitrogens with zero attached hydrogens (tertiary/aromatic N) is 1. The summed E-state index contributed by atoms with van der Waals surface area (Å²) in [5, 5.41) is 2.78. The highest BCUT2D eigenvalue weighted by Crippen LogP contribution is 2.24. The summed E-state index contributed by atoms with van der Waals surface area (Å²) >= 11 is 0. The molecule has 1 N–H and O–H groups in total. The standard InChI is InChI=1S/C14H20N2O/c1-11-7-9-16(10-8-11)14-5-3-13(4-6-14)15-12(2)17/h3-6,11H,7-10H2,1-2H3,(H,15,17). The molecule has 1 saturated heterocycles. The topological polar surface area (TPSA) is 32.3 Å². The van der Waals surface area contributed by atoms with Crippen molar-refractivity contribution in [3.05, 3.63) is 24.3 Å². The molecule has 3 heteroatoms. The molecule has 0 aliphatic carbocycles. The van der Waals surface area contributed by atoms with Crippen molar-refractivity contribution < 1.29 is 4.79 Å². The molecule has 0 unspecified atom stereocenters. The number of carbonyl (C=O) groups is 1. The maximum Gasteiger partial charge on any atom is 0.221 e. The maximum absolute atomic E-state index is 10.9. The fraction of sp³-hybridized carbons (Fsp3) is 0.500. The van der Waals surface area contributed by atoms with Crippen molar-refractivity contribution in [1.82, 2.24) is 0 Å². The minimum absolute atomic E-state index is 0.0236. The molecular formula is C14H20N2O. The Morgan fingerprint density at radius 2 is 1.82 bits per heavy atom. The van der Waals surface area contributed by atoms with Crippen molar-refractivity contribution in [3.8, 4) is 0 Å². The fourth-order valence-corrected chi connectivity index (χ4v) is 2.23. The van der Waals surface area contributed by atoms with Gasteiger partial charge in [-0.25, -0.2) is 0 Å². The summed E-state index contributed by atoms with van der Waals surface area (Å²) in [6.07, 6.45) is 2.54. The molecule has 0 saturated carbocycles. The molecule has 1 fully saturated rings. The van der Waals surface area contributed by atoms with E-state index in [0.717, 1.165) is 24.7 Å². The minimum atomic E-state index is -0.0236. The van der Waals surface area contributed by atoms with E-state index in [0.29, 0.717) is 0 Å². The summed E-state index contributed by atoms with van der Waals surface area (Å²) in [5.41, 5.74) is 2.12. The second kappa shape index (κ2) is 5.21. The van der Waals surface area contributed by atoms with Gasteiger partial charge in [-0.1, -0.05) is 6.92 Å². The van der Waals surface area contributed by atoms with Gasteiger partial charge in [-0.05, 0) is 43.0 Å². The fourth-order valence-electron chi connectivity index (χ4n) is 2.23. The summed E-state index contributed by atoms with van der Waals surface area (Å²) in [7, 11) is 0. The Bertz CT molecular complexity index is 378. The lowest BCUT2D eigenvalue weighted by atomic mass is 9.99. The van der Waals surface area contributed by atoms with E-state index in [2.05, 4.69) is 29.3 Å². The first-order valence-corrected chi connectivity index (χ1v) is 6.28. The number of amides is 1. The van der Waals surface area contributed by atoms with E-state index in [-0.39, 0.29) is 5.91 Å². The third-order valence-electron chi connectivity index (χ3n) is 3.34. The SMILES string of the molecule is CC(=O)Nc1ccc(N2CCC(C)CC2)cc1. The molecule has 17 heavy (non-hydrogen) atoms. The number of benzene rings is 1. The molecule has 0 aromatic heterocycles. The van der Waals surface area contributed by atoms with Crippen LogP contribution < -0.4 is 10.2 Å².